The Kier molecular flexibility index (Phi) is 6.20. The van der Waals surface area contributed by atoms with Crippen molar-refractivity contribution >= 4 is 11.8 Å². The molecule has 0 saturated heterocycles. The fourth-order valence-electron chi connectivity index (χ4n) is 1.61. The fraction of sp³-hybridized carbons (Fsp3) is 0.429. The molecule has 1 rings (SSSR count). The lowest BCUT2D eigenvalue weighted by Crippen LogP contribution is -2.38. The molecule has 0 aliphatic rings. The van der Waals surface area contributed by atoms with Crippen LogP contribution >= 0.6 is 0 Å². The van der Waals surface area contributed by atoms with E-state index < -0.39 is 28.9 Å². The molecule has 0 atom stereocenters. The summed E-state index contributed by atoms with van der Waals surface area (Å²) in [4.78, 5) is 24.8. The average molecular weight is 302 g/mol. The Labute approximate surface area is 120 Å². The van der Waals surface area contributed by atoms with E-state index in [-0.39, 0.29) is 12.5 Å². The Bertz CT molecular complexity index is 535. The van der Waals surface area contributed by atoms with Crippen LogP contribution in [0.3, 0.4) is 0 Å². The number of hydrogen-bond acceptors (Lipinski definition) is 2. The third-order valence-corrected chi connectivity index (χ3v) is 2.95. The molecule has 0 saturated carbocycles. The highest BCUT2D eigenvalue weighted by molar-refractivity contribution is 5.96. The van der Waals surface area contributed by atoms with Gasteiger partial charge in [0.25, 0.3) is 5.91 Å². The van der Waals surface area contributed by atoms with Crippen LogP contribution in [0, 0.1) is 17.5 Å². The molecule has 0 aromatic heterocycles. The van der Waals surface area contributed by atoms with Crippen LogP contribution in [-0.4, -0.2) is 36.9 Å². The second-order valence-electron chi connectivity index (χ2n) is 4.57. The van der Waals surface area contributed by atoms with Gasteiger partial charge < -0.3 is 10.2 Å². The molecule has 1 aromatic rings. The molecule has 0 fully saturated rings. The summed E-state index contributed by atoms with van der Waals surface area (Å²) in [6.45, 7) is 2.19. The molecule has 0 spiro atoms. The zero-order valence-corrected chi connectivity index (χ0v) is 11.9. The number of carbonyl (C=O) groups is 2. The van der Waals surface area contributed by atoms with E-state index in [9.17, 15) is 22.8 Å². The van der Waals surface area contributed by atoms with E-state index in [2.05, 4.69) is 5.32 Å². The van der Waals surface area contributed by atoms with Crippen LogP contribution in [0.5, 0.6) is 0 Å². The fourth-order valence-corrected chi connectivity index (χ4v) is 1.61. The molecule has 1 N–H and O–H groups in total. The van der Waals surface area contributed by atoms with E-state index in [0.29, 0.717) is 12.6 Å². The minimum Gasteiger partial charge on any atom is -0.344 e. The minimum absolute atomic E-state index is 0.336. The number of rotatable bonds is 6. The van der Waals surface area contributed by atoms with Gasteiger partial charge in [0.1, 0.15) is 0 Å². The van der Waals surface area contributed by atoms with Crippen LogP contribution in [0.1, 0.15) is 30.1 Å². The first-order chi connectivity index (χ1) is 9.88. The second-order valence-corrected chi connectivity index (χ2v) is 4.57. The lowest BCUT2D eigenvalue weighted by molar-refractivity contribution is -0.128. The zero-order valence-electron chi connectivity index (χ0n) is 11.9. The molecule has 0 aliphatic heterocycles. The quantitative estimate of drug-likeness (QED) is 0.818. The monoisotopic (exact) mass is 302 g/mol. The van der Waals surface area contributed by atoms with Crippen molar-refractivity contribution in [3.63, 3.8) is 0 Å². The Hall–Kier alpha value is -2.05. The molecule has 0 radical (unpaired) electrons. The van der Waals surface area contributed by atoms with E-state index >= 15 is 0 Å². The normalized spacial score (nSPS) is 10.3. The number of hydrogen-bond donors (Lipinski definition) is 1. The molecule has 0 bridgehead atoms. The van der Waals surface area contributed by atoms with Crippen molar-refractivity contribution in [2.45, 2.75) is 19.8 Å². The van der Waals surface area contributed by atoms with E-state index in [1.165, 1.54) is 4.90 Å². The van der Waals surface area contributed by atoms with E-state index in [1.807, 2.05) is 6.92 Å². The molecule has 21 heavy (non-hydrogen) atoms. The van der Waals surface area contributed by atoms with Gasteiger partial charge in [0.2, 0.25) is 5.91 Å². The van der Waals surface area contributed by atoms with Gasteiger partial charge in [-0.05, 0) is 18.6 Å². The summed E-state index contributed by atoms with van der Waals surface area (Å²) in [6, 6.07) is 1.48. The topological polar surface area (TPSA) is 49.4 Å². The number of nitrogens with one attached hydrogen (secondary N) is 1. The lowest BCUT2D eigenvalue weighted by atomic mass is 10.2. The van der Waals surface area contributed by atoms with Gasteiger partial charge in [-0.25, -0.2) is 13.2 Å². The first-order valence-corrected chi connectivity index (χ1v) is 6.54. The predicted octanol–water partition coefficient (Wildman–Crippen LogP) is 2.09. The summed E-state index contributed by atoms with van der Waals surface area (Å²) < 4.78 is 39.2. The largest absolute Gasteiger partial charge is 0.344 e. The van der Waals surface area contributed by atoms with Gasteiger partial charge in [-0.3, -0.25) is 9.59 Å². The second kappa shape index (κ2) is 7.66. The maximum Gasteiger partial charge on any atom is 0.254 e. The van der Waals surface area contributed by atoms with E-state index in [0.717, 1.165) is 18.9 Å². The van der Waals surface area contributed by atoms with Crippen molar-refractivity contribution < 1.29 is 22.8 Å². The summed E-state index contributed by atoms with van der Waals surface area (Å²) in [7, 11) is 1.59. The van der Waals surface area contributed by atoms with Crippen LogP contribution in [0.15, 0.2) is 12.1 Å². The maximum absolute atomic E-state index is 13.4. The van der Waals surface area contributed by atoms with Gasteiger partial charge in [-0.1, -0.05) is 13.3 Å². The predicted molar refractivity (Wildman–Crippen MR) is 71.2 cm³/mol. The Balaban J connectivity index is 2.62. The first-order valence-electron chi connectivity index (χ1n) is 6.54. The van der Waals surface area contributed by atoms with Crippen LogP contribution < -0.4 is 5.32 Å². The highest BCUT2D eigenvalue weighted by Gasteiger charge is 2.19. The summed E-state index contributed by atoms with van der Waals surface area (Å²) >= 11 is 0. The SMILES string of the molecule is CCCCN(C)C(=O)CNC(=O)c1ccc(F)c(F)c1F. The molecule has 1 aromatic carbocycles. The summed E-state index contributed by atoms with van der Waals surface area (Å²) in [5, 5.41) is 2.18. The highest BCUT2D eigenvalue weighted by Crippen LogP contribution is 2.14. The van der Waals surface area contributed by atoms with Crippen molar-refractivity contribution in [3.8, 4) is 0 Å². The third kappa shape index (κ3) is 4.47. The van der Waals surface area contributed by atoms with Crippen LogP contribution in [-0.2, 0) is 4.79 Å². The van der Waals surface area contributed by atoms with E-state index in [1.54, 1.807) is 7.05 Å². The number of halogens is 3. The Morgan fingerprint density at radius 2 is 1.86 bits per heavy atom. The summed E-state index contributed by atoms with van der Waals surface area (Å²) in [5.74, 6) is -5.98. The number of likely N-dealkylation sites (N-methyl/N-ethyl adjacent to an activating group) is 1. The van der Waals surface area contributed by atoms with Gasteiger partial charge in [0.15, 0.2) is 17.5 Å². The number of amides is 2. The Morgan fingerprint density at radius 1 is 1.19 bits per heavy atom. The van der Waals surface area contributed by atoms with Gasteiger partial charge in [0.05, 0.1) is 12.1 Å². The molecule has 116 valence electrons. The molecule has 0 unspecified atom stereocenters. The maximum atomic E-state index is 13.4. The van der Waals surface area contributed by atoms with Gasteiger partial charge in [-0.15, -0.1) is 0 Å². The third-order valence-electron chi connectivity index (χ3n) is 2.95. The van der Waals surface area contributed by atoms with Crippen molar-refractivity contribution in [3.05, 3.63) is 35.1 Å². The molecular formula is C14H17F3N2O2. The van der Waals surface area contributed by atoms with Crippen molar-refractivity contribution in [1.82, 2.24) is 10.2 Å². The number of carbonyl (C=O) groups excluding carboxylic acids is 2. The number of nitrogens with zero attached hydrogens (tertiary/aromatic N) is 1. The lowest BCUT2D eigenvalue weighted by Gasteiger charge is -2.17. The molecule has 2 amide bonds. The van der Waals surface area contributed by atoms with Crippen molar-refractivity contribution in [1.29, 1.82) is 0 Å². The van der Waals surface area contributed by atoms with E-state index in [4.69, 9.17) is 0 Å². The molecule has 4 nitrogen and oxygen atoms in total. The van der Waals surface area contributed by atoms with Gasteiger partial charge >= 0.3 is 0 Å². The van der Waals surface area contributed by atoms with Crippen LogP contribution in [0.4, 0.5) is 13.2 Å². The molecule has 0 heterocycles. The zero-order chi connectivity index (χ0) is 16.0. The average Bonchev–Trinajstić information content (AvgIpc) is 2.47. The highest BCUT2D eigenvalue weighted by atomic mass is 19.2. The van der Waals surface area contributed by atoms with Crippen LogP contribution in [0.2, 0.25) is 0 Å². The molecule has 0 aliphatic carbocycles. The number of unbranched alkanes of at least 4 members (excludes halogenated alkanes) is 1. The minimum atomic E-state index is -1.71. The summed E-state index contributed by atoms with van der Waals surface area (Å²) in [6.07, 6.45) is 1.75. The first kappa shape index (κ1) is 17.0. The Morgan fingerprint density at radius 3 is 2.48 bits per heavy atom. The summed E-state index contributed by atoms with van der Waals surface area (Å²) in [5.41, 5.74) is -0.641. The smallest absolute Gasteiger partial charge is 0.254 e. The van der Waals surface area contributed by atoms with Gasteiger partial charge in [-0.2, -0.15) is 0 Å². The van der Waals surface area contributed by atoms with Crippen LogP contribution in [0.25, 0.3) is 0 Å². The number of benzene rings is 1. The van der Waals surface area contributed by atoms with Crippen molar-refractivity contribution in [2.24, 2.45) is 0 Å². The van der Waals surface area contributed by atoms with Gasteiger partial charge in [0, 0.05) is 13.6 Å². The molecule has 7 heteroatoms. The molecular weight excluding hydrogens is 285 g/mol. The standard InChI is InChI=1S/C14H17F3N2O2/c1-3-4-7-19(2)11(20)8-18-14(21)9-5-6-10(15)13(17)12(9)16/h5-6H,3-4,7-8H2,1-2H3,(H,18,21). The van der Waals surface area contributed by atoms with Crippen molar-refractivity contribution in [2.75, 3.05) is 20.1 Å².